The van der Waals surface area contributed by atoms with Crippen molar-refractivity contribution in [1.29, 1.82) is 0 Å². The molecule has 4 nitrogen and oxygen atoms in total. The van der Waals surface area contributed by atoms with Crippen LogP contribution in [0.5, 0.6) is 0 Å². The van der Waals surface area contributed by atoms with E-state index in [1.807, 2.05) is 44.7 Å². The van der Waals surface area contributed by atoms with Gasteiger partial charge in [-0.1, -0.05) is 53.7 Å². The Morgan fingerprint density at radius 2 is 1.79 bits per heavy atom. The Hall–Kier alpha value is -1.91. The van der Waals surface area contributed by atoms with Crippen LogP contribution in [0.4, 0.5) is 4.39 Å². The molecule has 0 spiro atoms. The van der Waals surface area contributed by atoms with Crippen molar-refractivity contribution in [2.24, 2.45) is 17.3 Å². The van der Waals surface area contributed by atoms with Crippen molar-refractivity contribution in [3.05, 3.63) is 35.6 Å². The lowest BCUT2D eigenvalue weighted by Crippen LogP contribution is -2.56. The number of hydrogen-bond donors (Lipinski definition) is 1. The van der Waals surface area contributed by atoms with Crippen molar-refractivity contribution in [2.75, 3.05) is 13.1 Å². The van der Waals surface area contributed by atoms with Crippen LogP contribution in [0.25, 0.3) is 0 Å². The van der Waals surface area contributed by atoms with Gasteiger partial charge in [0.05, 0.1) is 0 Å². The highest BCUT2D eigenvalue weighted by molar-refractivity contribution is 5.88. The van der Waals surface area contributed by atoms with Crippen LogP contribution in [0, 0.1) is 23.1 Å². The highest BCUT2D eigenvalue weighted by atomic mass is 19.1. The van der Waals surface area contributed by atoms with Gasteiger partial charge in [-0.2, -0.15) is 0 Å². The molecule has 2 atom stereocenters. The van der Waals surface area contributed by atoms with Crippen molar-refractivity contribution in [2.45, 2.75) is 66.3 Å². The molecule has 1 heterocycles. The van der Waals surface area contributed by atoms with Crippen molar-refractivity contribution in [3.8, 4) is 0 Å². The van der Waals surface area contributed by atoms with E-state index < -0.39 is 6.04 Å². The number of hydrogen-bond acceptors (Lipinski definition) is 2. The zero-order valence-electron chi connectivity index (χ0n) is 18.1. The molecule has 2 rings (SSSR count). The molecule has 1 N–H and O–H groups in total. The Labute approximate surface area is 168 Å². The second-order valence-corrected chi connectivity index (χ2v) is 9.53. The first-order chi connectivity index (χ1) is 13.0. The largest absolute Gasteiger partial charge is 0.344 e. The third-order valence-electron chi connectivity index (χ3n) is 5.66. The van der Waals surface area contributed by atoms with Gasteiger partial charge in [-0.05, 0) is 47.3 Å². The Balaban J connectivity index is 2.10. The van der Waals surface area contributed by atoms with Crippen LogP contribution in [0.2, 0.25) is 0 Å². The number of carbonyl (C=O) groups is 2. The fraction of sp³-hybridized carbons (Fsp3) is 0.652. The molecule has 0 aliphatic carbocycles. The first-order valence-electron chi connectivity index (χ1n) is 10.3. The number of carbonyl (C=O) groups excluding carboxylic acids is 2. The van der Waals surface area contributed by atoms with Gasteiger partial charge in [0, 0.05) is 19.5 Å². The maximum Gasteiger partial charge on any atom is 0.245 e. The number of benzene rings is 1. The summed E-state index contributed by atoms with van der Waals surface area (Å²) >= 11 is 0. The van der Waals surface area contributed by atoms with Crippen LogP contribution in [0.3, 0.4) is 0 Å². The van der Waals surface area contributed by atoms with Gasteiger partial charge >= 0.3 is 0 Å². The summed E-state index contributed by atoms with van der Waals surface area (Å²) in [7, 11) is 0. The Morgan fingerprint density at radius 1 is 1.18 bits per heavy atom. The smallest absolute Gasteiger partial charge is 0.245 e. The summed E-state index contributed by atoms with van der Waals surface area (Å²) in [5, 5.41) is 2.95. The van der Waals surface area contributed by atoms with Gasteiger partial charge in [0.25, 0.3) is 0 Å². The quantitative estimate of drug-likeness (QED) is 0.785. The Bertz CT molecular complexity index is 682. The van der Waals surface area contributed by atoms with Gasteiger partial charge in [-0.3, -0.25) is 9.59 Å². The summed E-state index contributed by atoms with van der Waals surface area (Å²) in [6, 6.07) is 6.21. The highest BCUT2D eigenvalue weighted by Crippen LogP contribution is 2.42. The lowest BCUT2D eigenvalue weighted by atomic mass is 9.70. The molecule has 5 heteroatoms. The van der Waals surface area contributed by atoms with E-state index in [0.717, 1.165) is 12.0 Å². The van der Waals surface area contributed by atoms with E-state index in [4.69, 9.17) is 0 Å². The number of rotatable bonds is 6. The molecular formula is C23H35FN2O2. The molecule has 1 aromatic rings. The first kappa shape index (κ1) is 22.4. The van der Waals surface area contributed by atoms with Gasteiger partial charge in [-0.15, -0.1) is 0 Å². The van der Waals surface area contributed by atoms with Crippen LogP contribution in [-0.2, 0) is 9.59 Å². The molecule has 1 aliphatic heterocycles. The summed E-state index contributed by atoms with van der Waals surface area (Å²) in [6.45, 7) is 13.5. The molecule has 156 valence electrons. The lowest BCUT2D eigenvalue weighted by molar-refractivity contribution is -0.140. The number of amides is 2. The molecule has 1 unspecified atom stereocenters. The van der Waals surface area contributed by atoms with Crippen LogP contribution in [0.1, 0.15) is 65.9 Å². The molecule has 2 amide bonds. The fourth-order valence-corrected chi connectivity index (χ4v) is 4.17. The fourth-order valence-electron chi connectivity index (χ4n) is 4.17. The summed E-state index contributed by atoms with van der Waals surface area (Å²) in [5.74, 6) is 0.256. The minimum absolute atomic E-state index is 0.00210. The van der Waals surface area contributed by atoms with Gasteiger partial charge in [0.2, 0.25) is 11.8 Å². The number of piperidine rings is 1. The second kappa shape index (κ2) is 9.06. The molecule has 0 radical (unpaired) electrons. The van der Waals surface area contributed by atoms with E-state index in [1.165, 1.54) is 12.1 Å². The average molecular weight is 391 g/mol. The second-order valence-electron chi connectivity index (χ2n) is 9.53. The third-order valence-corrected chi connectivity index (χ3v) is 5.66. The van der Waals surface area contributed by atoms with Crippen molar-refractivity contribution in [3.63, 3.8) is 0 Å². The van der Waals surface area contributed by atoms with Crippen molar-refractivity contribution < 1.29 is 14.0 Å². The van der Waals surface area contributed by atoms with Crippen LogP contribution >= 0.6 is 0 Å². The van der Waals surface area contributed by atoms with Gasteiger partial charge < -0.3 is 10.2 Å². The average Bonchev–Trinajstić information content (AvgIpc) is 2.58. The summed E-state index contributed by atoms with van der Waals surface area (Å²) in [5.41, 5.74) is 0.985. The predicted molar refractivity (Wildman–Crippen MR) is 110 cm³/mol. The van der Waals surface area contributed by atoms with Gasteiger partial charge in [0.1, 0.15) is 11.9 Å². The normalized spacial score (nSPS) is 20.3. The lowest BCUT2D eigenvalue weighted by Gasteiger charge is -2.45. The molecule has 1 aromatic carbocycles. The molecule has 1 saturated heterocycles. The third kappa shape index (κ3) is 5.55. The Morgan fingerprint density at radius 3 is 2.29 bits per heavy atom. The van der Waals surface area contributed by atoms with Gasteiger partial charge in [-0.25, -0.2) is 4.39 Å². The molecule has 28 heavy (non-hydrogen) atoms. The van der Waals surface area contributed by atoms with E-state index in [1.54, 1.807) is 0 Å². The molecule has 1 fully saturated rings. The predicted octanol–water partition coefficient (Wildman–Crippen LogP) is 4.35. The molecule has 1 aliphatic rings. The van der Waals surface area contributed by atoms with E-state index in [9.17, 15) is 14.0 Å². The Kier molecular flexibility index (Phi) is 7.24. The van der Waals surface area contributed by atoms with Crippen molar-refractivity contribution in [1.82, 2.24) is 10.2 Å². The molecule has 0 saturated carbocycles. The topological polar surface area (TPSA) is 49.4 Å². The highest BCUT2D eigenvalue weighted by Gasteiger charge is 2.40. The molecule has 0 bridgehead atoms. The molecular weight excluding hydrogens is 355 g/mol. The molecule has 0 aromatic heterocycles. The maximum atomic E-state index is 13.3. The number of nitrogens with one attached hydrogen (secondary N) is 1. The maximum absolute atomic E-state index is 13.3. The SMILES string of the molecule is CC(C)CC(=O)N[C@@H](C(=O)N1CCC(c2ccc(F)cc2)C(C)(C)C1)C(C)C. The number of likely N-dealkylation sites (tertiary alicyclic amines) is 1. The zero-order valence-corrected chi connectivity index (χ0v) is 18.1. The van der Waals surface area contributed by atoms with E-state index in [0.29, 0.717) is 19.5 Å². The minimum atomic E-state index is -0.496. The van der Waals surface area contributed by atoms with Crippen LogP contribution in [-0.4, -0.2) is 35.8 Å². The monoisotopic (exact) mass is 390 g/mol. The van der Waals surface area contributed by atoms with Crippen LogP contribution < -0.4 is 5.32 Å². The zero-order chi connectivity index (χ0) is 21.1. The summed E-state index contributed by atoms with van der Waals surface area (Å²) in [4.78, 5) is 27.3. The van der Waals surface area contributed by atoms with Crippen LogP contribution in [0.15, 0.2) is 24.3 Å². The van der Waals surface area contributed by atoms with E-state index in [-0.39, 0.29) is 40.8 Å². The summed E-state index contributed by atoms with van der Waals surface area (Å²) in [6.07, 6.45) is 1.25. The minimum Gasteiger partial charge on any atom is -0.344 e. The summed E-state index contributed by atoms with van der Waals surface area (Å²) < 4.78 is 13.3. The van der Waals surface area contributed by atoms with E-state index in [2.05, 4.69) is 19.2 Å². The number of nitrogens with zero attached hydrogens (tertiary/aromatic N) is 1. The van der Waals surface area contributed by atoms with Gasteiger partial charge in [0.15, 0.2) is 0 Å². The van der Waals surface area contributed by atoms with E-state index >= 15 is 0 Å². The van der Waals surface area contributed by atoms with Crippen molar-refractivity contribution >= 4 is 11.8 Å². The first-order valence-corrected chi connectivity index (χ1v) is 10.3. The number of halogens is 1. The standard InChI is InChI=1S/C23H35FN2O2/c1-15(2)13-20(27)25-21(16(3)4)22(28)26-12-11-19(23(5,6)14-26)17-7-9-18(24)10-8-17/h7-10,15-16,19,21H,11-14H2,1-6H3,(H,25,27)/t19?,21-/m1/s1.